The molecule has 0 bridgehead atoms. The van der Waals surface area contributed by atoms with Gasteiger partial charge in [-0.2, -0.15) is 0 Å². The molecule has 0 amide bonds. The van der Waals surface area contributed by atoms with Crippen molar-refractivity contribution in [3.8, 4) is 0 Å². The lowest BCUT2D eigenvalue weighted by Crippen LogP contribution is -2.42. The Kier molecular flexibility index (Phi) is 5.75. The fraction of sp³-hybridized carbons (Fsp3) is 1.00. The van der Waals surface area contributed by atoms with Crippen LogP contribution in [0.15, 0.2) is 0 Å². The summed E-state index contributed by atoms with van der Waals surface area (Å²) < 4.78 is 0. The Morgan fingerprint density at radius 2 is 1.93 bits per heavy atom. The summed E-state index contributed by atoms with van der Waals surface area (Å²) in [5, 5.41) is 0. The largest absolute Gasteiger partial charge is 0.327 e. The second-order valence-corrected chi connectivity index (χ2v) is 4.82. The first kappa shape index (κ1) is 14.5. The minimum Gasteiger partial charge on any atom is -0.327 e. The van der Waals surface area contributed by atoms with Crippen molar-refractivity contribution in [1.82, 2.24) is 4.90 Å². The molecule has 0 aromatic carbocycles. The second-order valence-electron chi connectivity index (χ2n) is 4.82. The quantitative estimate of drug-likeness (QED) is 0.801. The van der Waals surface area contributed by atoms with Gasteiger partial charge in [-0.3, -0.25) is 0 Å². The van der Waals surface area contributed by atoms with Crippen LogP contribution in [0.5, 0.6) is 0 Å². The molecule has 1 heterocycles. The lowest BCUT2D eigenvalue weighted by atomic mass is 9.95. The van der Waals surface area contributed by atoms with Gasteiger partial charge in [-0.25, -0.2) is 0 Å². The van der Waals surface area contributed by atoms with Gasteiger partial charge in [0.05, 0.1) is 0 Å². The minimum absolute atomic E-state index is 0. The fourth-order valence-corrected chi connectivity index (χ4v) is 2.46. The maximum absolute atomic E-state index is 5.79. The first-order chi connectivity index (χ1) is 5.70. The fourth-order valence-electron chi connectivity index (χ4n) is 2.46. The van der Waals surface area contributed by atoms with E-state index in [0.717, 1.165) is 12.0 Å². The Morgan fingerprint density at radius 3 is 2.43 bits per heavy atom. The van der Waals surface area contributed by atoms with Gasteiger partial charge in [0, 0.05) is 19.1 Å². The van der Waals surface area contributed by atoms with Gasteiger partial charge >= 0.3 is 0 Å². The van der Waals surface area contributed by atoms with E-state index in [9.17, 15) is 0 Å². The minimum atomic E-state index is 0. The van der Waals surface area contributed by atoms with Crippen molar-refractivity contribution in [1.29, 1.82) is 0 Å². The van der Waals surface area contributed by atoms with Crippen molar-refractivity contribution < 1.29 is 0 Å². The topological polar surface area (TPSA) is 29.3 Å². The molecule has 4 heteroatoms. The lowest BCUT2D eigenvalue weighted by Gasteiger charge is -2.33. The van der Waals surface area contributed by atoms with Crippen LogP contribution in [0.4, 0.5) is 0 Å². The summed E-state index contributed by atoms with van der Waals surface area (Å²) in [5.74, 6) is 0. The first-order valence-corrected chi connectivity index (χ1v) is 5.18. The molecule has 2 aliphatic rings. The molecule has 2 fully saturated rings. The molecule has 2 N–H and O–H groups in total. The molecule has 1 aliphatic heterocycles. The van der Waals surface area contributed by atoms with Crippen LogP contribution in [0.3, 0.4) is 0 Å². The molecule has 0 radical (unpaired) electrons. The SMILES string of the molecule is C[C@@H](N)CN1CCCC2(CC2)C1.Cl.Cl. The Balaban J connectivity index is 0.000000845. The van der Waals surface area contributed by atoms with Gasteiger partial charge in [0.1, 0.15) is 0 Å². The molecule has 1 spiro atoms. The van der Waals surface area contributed by atoms with Crippen molar-refractivity contribution in [2.24, 2.45) is 11.1 Å². The van der Waals surface area contributed by atoms with Gasteiger partial charge in [-0.05, 0) is 44.6 Å². The van der Waals surface area contributed by atoms with Crippen molar-refractivity contribution in [3.63, 3.8) is 0 Å². The van der Waals surface area contributed by atoms with Crippen LogP contribution in [-0.4, -0.2) is 30.6 Å². The average molecular weight is 241 g/mol. The standard InChI is InChI=1S/C10H20N2.2ClH/c1-9(11)7-12-6-2-3-10(8-12)4-5-10;;/h9H,2-8,11H2,1H3;2*1H/t9-;;/m1../s1. The molecule has 86 valence electrons. The van der Waals surface area contributed by atoms with Crippen LogP contribution in [-0.2, 0) is 0 Å². The summed E-state index contributed by atoms with van der Waals surface area (Å²) in [4.78, 5) is 2.56. The summed E-state index contributed by atoms with van der Waals surface area (Å²) in [6.45, 7) is 5.81. The smallest absolute Gasteiger partial charge is 0.0139 e. The third kappa shape index (κ3) is 3.58. The van der Waals surface area contributed by atoms with E-state index in [1.54, 1.807) is 0 Å². The van der Waals surface area contributed by atoms with Crippen molar-refractivity contribution in [2.45, 2.75) is 38.6 Å². The molecule has 14 heavy (non-hydrogen) atoms. The molecular formula is C10H22Cl2N2. The van der Waals surface area contributed by atoms with Gasteiger partial charge in [0.15, 0.2) is 0 Å². The molecule has 1 aliphatic carbocycles. The molecule has 2 rings (SSSR count). The summed E-state index contributed by atoms with van der Waals surface area (Å²) in [6.07, 6.45) is 5.82. The number of likely N-dealkylation sites (tertiary alicyclic amines) is 1. The van der Waals surface area contributed by atoms with E-state index in [1.807, 2.05) is 0 Å². The number of hydrogen-bond acceptors (Lipinski definition) is 2. The molecular weight excluding hydrogens is 219 g/mol. The summed E-state index contributed by atoms with van der Waals surface area (Å²) in [7, 11) is 0. The van der Waals surface area contributed by atoms with Crippen LogP contribution in [0.25, 0.3) is 0 Å². The maximum atomic E-state index is 5.79. The zero-order valence-corrected chi connectivity index (χ0v) is 10.5. The third-order valence-corrected chi connectivity index (χ3v) is 3.24. The van der Waals surface area contributed by atoms with Crippen LogP contribution in [0.1, 0.15) is 32.6 Å². The van der Waals surface area contributed by atoms with E-state index < -0.39 is 0 Å². The maximum Gasteiger partial charge on any atom is 0.0139 e. The Morgan fingerprint density at radius 1 is 1.29 bits per heavy atom. The van der Waals surface area contributed by atoms with E-state index >= 15 is 0 Å². The Hall–Kier alpha value is 0.500. The Bertz CT molecular complexity index is 170. The van der Waals surface area contributed by atoms with Crippen molar-refractivity contribution in [2.75, 3.05) is 19.6 Å². The van der Waals surface area contributed by atoms with Gasteiger partial charge in [-0.15, -0.1) is 24.8 Å². The highest BCUT2D eigenvalue weighted by molar-refractivity contribution is 5.85. The normalized spacial score (nSPS) is 26.1. The molecule has 0 aromatic rings. The number of nitrogens with two attached hydrogens (primary N) is 1. The van der Waals surface area contributed by atoms with E-state index in [2.05, 4.69) is 11.8 Å². The molecule has 0 unspecified atom stereocenters. The van der Waals surface area contributed by atoms with E-state index in [-0.39, 0.29) is 24.8 Å². The zero-order chi connectivity index (χ0) is 8.60. The van der Waals surface area contributed by atoms with E-state index in [0.29, 0.717) is 6.04 Å². The number of halogens is 2. The first-order valence-electron chi connectivity index (χ1n) is 5.18. The molecule has 1 saturated heterocycles. The molecule has 1 atom stereocenters. The van der Waals surface area contributed by atoms with Crippen LogP contribution >= 0.6 is 24.8 Å². The van der Waals surface area contributed by atoms with Crippen molar-refractivity contribution >= 4 is 24.8 Å². The van der Waals surface area contributed by atoms with E-state index in [4.69, 9.17) is 5.73 Å². The van der Waals surface area contributed by atoms with Crippen LogP contribution in [0.2, 0.25) is 0 Å². The van der Waals surface area contributed by atoms with Gasteiger partial charge in [-0.1, -0.05) is 0 Å². The third-order valence-electron chi connectivity index (χ3n) is 3.24. The number of hydrogen-bond donors (Lipinski definition) is 1. The molecule has 0 aromatic heterocycles. The predicted molar refractivity (Wildman–Crippen MR) is 65.5 cm³/mol. The second kappa shape index (κ2) is 5.55. The molecule has 2 nitrogen and oxygen atoms in total. The highest BCUT2D eigenvalue weighted by Gasteiger charge is 2.45. The lowest BCUT2D eigenvalue weighted by molar-refractivity contribution is 0.155. The summed E-state index contributed by atoms with van der Waals surface area (Å²) >= 11 is 0. The highest BCUT2D eigenvalue weighted by atomic mass is 35.5. The number of piperidine rings is 1. The number of nitrogens with zero attached hydrogens (tertiary/aromatic N) is 1. The van der Waals surface area contributed by atoms with Crippen molar-refractivity contribution in [3.05, 3.63) is 0 Å². The summed E-state index contributed by atoms with van der Waals surface area (Å²) in [6, 6.07) is 0.346. The van der Waals surface area contributed by atoms with Gasteiger partial charge in [0.25, 0.3) is 0 Å². The Labute approximate surface area is 99.4 Å². The summed E-state index contributed by atoms with van der Waals surface area (Å²) in [5.41, 5.74) is 6.55. The zero-order valence-electron chi connectivity index (χ0n) is 8.87. The van der Waals surface area contributed by atoms with Crippen LogP contribution < -0.4 is 5.73 Å². The monoisotopic (exact) mass is 240 g/mol. The number of rotatable bonds is 2. The predicted octanol–water partition coefficient (Wildman–Crippen LogP) is 2.05. The average Bonchev–Trinajstić information content (AvgIpc) is 2.68. The van der Waals surface area contributed by atoms with Gasteiger partial charge in [0.2, 0.25) is 0 Å². The van der Waals surface area contributed by atoms with Gasteiger partial charge < -0.3 is 10.6 Å². The highest BCUT2D eigenvalue weighted by Crippen LogP contribution is 2.51. The molecule has 1 saturated carbocycles. The van der Waals surface area contributed by atoms with E-state index in [1.165, 1.54) is 38.8 Å². The van der Waals surface area contributed by atoms with Crippen LogP contribution in [0, 0.1) is 5.41 Å².